The molecule has 2 aromatic rings. The maximum absolute atomic E-state index is 12.6. The van der Waals surface area contributed by atoms with Crippen molar-refractivity contribution >= 4 is 6.09 Å². The van der Waals surface area contributed by atoms with Crippen LogP contribution >= 0.6 is 0 Å². The zero-order valence-corrected chi connectivity index (χ0v) is 10.0. The van der Waals surface area contributed by atoms with Crippen LogP contribution in [0.5, 0.6) is 5.75 Å². The molecule has 0 aliphatic rings. The van der Waals surface area contributed by atoms with E-state index in [0.717, 1.165) is 18.3 Å². The fraction of sp³-hybridized carbons (Fsp3) is 0.0769. The second-order valence-electron chi connectivity index (χ2n) is 3.87. The highest BCUT2D eigenvalue weighted by Gasteiger charge is 2.30. The average Bonchev–Trinajstić information content (AvgIpc) is 2.38. The van der Waals surface area contributed by atoms with E-state index in [1.807, 2.05) is 0 Å². The van der Waals surface area contributed by atoms with Gasteiger partial charge < -0.3 is 10.5 Å². The molecule has 1 aromatic heterocycles. The zero-order chi connectivity index (χ0) is 14.8. The number of carbonyl (C=O) groups is 1. The molecule has 0 radical (unpaired) electrons. The largest absolute Gasteiger partial charge is 0.416 e. The van der Waals surface area contributed by atoms with Crippen LogP contribution in [0, 0.1) is 0 Å². The molecular weight excluding hydrogens is 273 g/mol. The number of hydrogen-bond acceptors (Lipinski definition) is 3. The Balaban J connectivity index is 2.30. The molecule has 0 aliphatic carbocycles. The fourth-order valence-electron chi connectivity index (χ4n) is 1.57. The van der Waals surface area contributed by atoms with Crippen molar-refractivity contribution in [1.29, 1.82) is 0 Å². The molecule has 2 N–H and O–H groups in total. The number of amides is 1. The zero-order valence-electron chi connectivity index (χ0n) is 10.0. The van der Waals surface area contributed by atoms with Gasteiger partial charge in [-0.1, -0.05) is 0 Å². The maximum atomic E-state index is 12.6. The predicted molar refractivity (Wildman–Crippen MR) is 64.9 cm³/mol. The van der Waals surface area contributed by atoms with Crippen LogP contribution < -0.4 is 10.5 Å². The van der Waals surface area contributed by atoms with E-state index in [1.165, 1.54) is 24.3 Å². The molecule has 2 rings (SSSR count). The van der Waals surface area contributed by atoms with Crippen LogP contribution in [0.3, 0.4) is 0 Å². The summed E-state index contributed by atoms with van der Waals surface area (Å²) in [6, 6.07) is 7.66. The third-order valence-electron chi connectivity index (χ3n) is 2.46. The van der Waals surface area contributed by atoms with E-state index in [0.29, 0.717) is 5.56 Å². The number of benzene rings is 1. The lowest BCUT2D eigenvalue weighted by molar-refractivity contribution is -0.137. The number of ether oxygens (including phenoxy) is 1. The highest BCUT2D eigenvalue weighted by Crippen LogP contribution is 2.31. The average molecular weight is 282 g/mol. The summed E-state index contributed by atoms with van der Waals surface area (Å²) in [5.41, 5.74) is 4.70. The number of nitrogens with two attached hydrogens (primary N) is 1. The normalized spacial score (nSPS) is 11.2. The van der Waals surface area contributed by atoms with Crippen molar-refractivity contribution < 1.29 is 22.7 Å². The molecule has 1 amide bonds. The van der Waals surface area contributed by atoms with Gasteiger partial charge in [-0.25, -0.2) is 4.79 Å². The van der Waals surface area contributed by atoms with E-state index < -0.39 is 17.8 Å². The van der Waals surface area contributed by atoms with Crippen molar-refractivity contribution in [1.82, 2.24) is 4.98 Å². The Morgan fingerprint density at radius 2 is 1.80 bits per heavy atom. The SMILES string of the molecule is NC(=O)Oc1ccc(-c2cc(C(F)(F)F)ccn2)cc1. The monoisotopic (exact) mass is 282 g/mol. The Kier molecular flexibility index (Phi) is 3.60. The van der Waals surface area contributed by atoms with E-state index in [9.17, 15) is 18.0 Å². The first-order chi connectivity index (χ1) is 9.36. The fourth-order valence-corrected chi connectivity index (χ4v) is 1.57. The van der Waals surface area contributed by atoms with E-state index >= 15 is 0 Å². The summed E-state index contributed by atoms with van der Waals surface area (Å²) in [5, 5.41) is 0. The smallest absolute Gasteiger partial charge is 0.411 e. The molecule has 1 heterocycles. The Hall–Kier alpha value is -2.57. The second-order valence-corrected chi connectivity index (χ2v) is 3.87. The summed E-state index contributed by atoms with van der Waals surface area (Å²) in [7, 11) is 0. The van der Waals surface area contributed by atoms with Gasteiger partial charge in [-0.2, -0.15) is 13.2 Å². The number of rotatable bonds is 2. The number of nitrogens with zero attached hydrogens (tertiary/aromatic N) is 1. The minimum Gasteiger partial charge on any atom is -0.411 e. The van der Waals surface area contributed by atoms with Gasteiger partial charge in [0.2, 0.25) is 0 Å². The van der Waals surface area contributed by atoms with Crippen molar-refractivity contribution in [3.63, 3.8) is 0 Å². The summed E-state index contributed by atoms with van der Waals surface area (Å²) >= 11 is 0. The first-order valence-corrected chi connectivity index (χ1v) is 5.47. The topological polar surface area (TPSA) is 65.2 Å². The van der Waals surface area contributed by atoms with E-state index in [2.05, 4.69) is 9.72 Å². The van der Waals surface area contributed by atoms with Gasteiger partial charge in [0.1, 0.15) is 5.75 Å². The lowest BCUT2D eigenvalue weighted by Gasteiger charge is -2.08. The van der Waals surface area contributed by atoms with Crippen LogP contribution in [0.4, 0.5) is 18.0 Å². The molecule has 20 heavy (non-hydrogen) atoms. The van der Waals surface area contributed by atoms with Crippen LogP contribution in [0.2, 0.25) is 0 Å². The highest BCUT2D eigenvalue weighted by atomic mass is 19.4. The lowest BCUT2D eigenvalue weighted by atomic mass is 10.1. The summed E-state index contributed by atoms with van der Waals surface area (Å²) in [6.45, 7) is 0. The minimum atomic E-state index is -4.42. The summed E-state index contributed by atoms with van der Waals surface area (Å²) in [4.78, 5) is 14.4. The first-order valence-electron chi connectivity index (χ1n) is 5.47. The van der Waals surface area contributed by atoms with Crippen molar-refractivity contribution in [2.75, 3.05) is 0 Å². The Labute approximate surface area is 112 Å². The molecule has 7 heteroatoms. The number of aromatic nitrogens is 1. The third kappa shape index (κ3) is 3.25. The molecule has 0 fully saturated rings. The Morgan fingerprint density at radius 3 is 2.35 bits per heavy atom. The molecule has 0 aliphatic heterocycles. The molecule has 0 spiro atoms. The molecule has 0 bridgehead atoms. The molecule has 0 unspecified atom stereocenters. The van der Waals surface area contributed by atoms with Crippen molar-refractivity contribution in [3.8, 4) is 17.0 Å². The molecule has 1 aromatic carbocycles. The number of carbonyl (C=O) groups excluding carboxylic acids is 1. The molecule has 0 saturated heterocycles. The second kappa shape index (κ2) is 5.20. The van der Waals surface area contributed by atoms with Gasteiger partial charge in [0.25, 0.3) is 0 Å². The summed E-state index contributed by atoms with van der Waals surface area (Å²) in [6.07, 6.45) is -4.30. The summed E-state index contributed by atoms with van der Waals surface area (Å²) < 4.78 is 42.4. The van der Waals surface area contributed by atoms with Gasteiger partial charge >= 0.3 is 12.3 Å². The van der Waals surface area contributed by atoms with E-state index in [4.69, 9.17) is 5.73 Å². The van der Waals surface area contributed by atoms with Crippen LogP contribution in [0.25, 0.3) is 11.3 Å². The van der Waals surface area contributed by atoms with Gasteiger partial charge in [-0.05, 0) is 36.4 Å². The van der Waals surface area contributed by atoms with Crippen molar-refractivity contribution in [2.24, 2.45) is 5.73 Å². The minimum absolute atomic E-state index is 0.172. The number of hydrogen-bond donors (Lipinski definition) is 1. The highest BCUT2D eigenvalue weighted by molar-refractivity contribution is 5.69. The number of pyridine rings is 1. The Bertz CT molecular complexity index is 624. The standard InChI is InChI=1S/C13H9F3N2O2/c14-13(15,16)9-5-6-18-11(7-9)8-1-3-10(4-2-8)20-12(17)19/h1-7H,(H2,17,19). The van der Waals surface area contributed by atoms with Crippen LogP contribution in [-0.4, -0.2) is 11.1 Å². The van der Waals surface area contributed by atoms with Gasteiger partial charge in [0, 0.05) is 11.8 Å². The molecular formula is C13H9F3N2O2. The molecule has 0 atom stereocenters. The molecule has 104 valence electrons. The van der Waals surface area contributed by atoms with Crippen molar-refractivity contribution in [2.45, 2.75) is 6.18 Å². The number of alkyl halides is 3. The van der Waals surface area contributed by atoms with Gasteiger partial charge in [0.15, 0.2) is 0 Å². The van der Waals surface area contributed by atoms with E-state index in [1.54, 1.807) is 0 Å². The maximum Gasteiger partial charge on any atom is 0.416 e. The molecule has 0 saturated carbocycles. The van der Waals surface area contributed by atoms with Gasteiger partial charge in [-0.3, -0.25) is 4.98 Å². The molecule has 4 nitrogen and oxygen atoms in total. The van der Waals surface area contributed by atoms with Gasteiger partial charge in [-0.15, -0.1) is 0 Å². The van der Waals surface area contributed by atoms with Crippen molar-refractivity contribution in [3.05, 3.63) is 48.2 Å². The van der Waals surface area contributed by atoms with Crippen LogP contribution in [-0.2, 0) is 6.18 Å². The number of primary amides is 1. The first kappa shape index (κ1) is 13.9. The van der Waals surface area contributed by atoms with Gasteiger partial charge in [0.05, 0.1) is 11.3 Å². The third-order valence-corrected chi connectivity index (χ3v) is 2.46. The van der Waals surface area contributed by atoms with Crippen LogP contribution in [0.15, 0.2) is 42.6 Å². The summed E-state index contributed by atoms with van der Waals surface area (Å²) in [5.74, 6) is 0.202. The lowest BCUT2D eigenvalue weighted by Crippen LogP contribution is -2.16. The predicted octanol–water partition coefficient (Wildman–Crippen LogP) is 3.22. The Morgan fingerprint density at radius 1 is 1.15 bits per heavy atom. The quantitative estimate of drug-likeness (QED) is 0.919. The number of halogens is 3. The van der Waals surface area contributed by atoms with E-state index in [-0.39, 0.29) is 11.4 Å². The van der Waals surface area contributed by atoms with Crippen LogP contribution in [0.1, 0.15) is 5.56 Å².